The van der Waals surface area contributed by atoms with E-state index in [1.165, 1.54) is 6.42 Å². The molecule has 3 aromatic rings. The van der Waals surface area contributed by atoms with E-state index in [2.05, 4.69) is 10.3 Å². The molecule has 36 heavy (non-hydrogen) atoms. The number of carbonyl (C=O) groups is 2. The summed E-state index contributed by atoms with van der Waals surface area (Å²) in [6, 6.07) is 15.2. The molecular formula is C28H33N5O3. The van der Waals surface area contributed by atoms with Gasteiger partial charge in [-0.2, -0.15) is 5.10 Å². The number of nitrogens with zero attached hydrogens (tertiary/aromatic N) is 4. The first-order chi connectivity index (χ1) is 17.5. The third-order valence-corrected chi connectivity index (χ3v) is 7.23. The molecule has 2 aliphatic rings. The van der Waals surface area contributed by atoms with Crippen LogP contribution in [-0.4, -0.2) is 49.7 Å². The van der Waals surface area contributed by atoms with E-state index in [-0.39, 0.29) is 30.9 Å². The fraction of sp³-hybridized carbons (Fsp3) is 0.429. The molecule has 2 amide bonds. The van der Waals surface area contributed by atoms with Crippen molar-refractivity contribution in [3.05, 3.63) is 66.1 Å². The first-order valence-corrected chi connectivity index (χ1v) is 12.8. The predicted molar refractivity (Wildman–Crippen MR) is 136 cm³/mol. The number of aromatic nitrogens is 3. The van der Waals surface area contributed by atoms with Gasteiger partial charge in [-0.05, 0) is 69.2 Å². The van der Waals surface area contributed by atoms with Crippen molar-refractivity contribution in [1.82, 2.24) is 25.0 Å². The molecule has 0 bridgehead atoms. The molecule has 2 aromatic heterocycles. The number of rotatable bonds is 7. The smallest absolute Gasteiger partial charge is 0.273 e. The summed E-state index contributed by atoms with van der Waals surface area (Å²) >= 11 is 0. The van der Waals surface area contributed by atoms with Crippen LogP contribution in [0.5, 0.6) is 5.75 Å². The van der Waals surface area contributed by atoms with Gasteiger partial charge in [0.2, 0.25) is 5.91 Å². The highest BCUT2D eigenvalue weighted by Crippen LogP contribution is 2.32. The summed E-state index contributed by atoms with van der Waals surface area (Å²) in [5.74, 6) is 0.426. The number of hydrogen-bond acceptors (Lipinski definition) is 5. The Labute approximate surface area is 211 Å². The lowest BCUT2D eigenvalue weighted by Gasteiger charge is -2.43. The van der Waals surface area contributed by atoms with Crippen LogP contribution in [0.1, 0.15) is 62.1 Å². The van der Waals surface area contributed by atoms with Gasteiger partial charge in [-0.25, -0.2) is 0 Å². The summed E-state index contributed by atoms with van der Waals surface area (Å²) in [5.41, 5.74) is 1.69. The van der Waals surface area contributed by atoms with Crippen molar-refractivity contribution in [3.8, 4) is 17.0 Å². The second kappa shape index (κ2) is 10.1. The normalized spacial score (nSPS) is 20.2. The van der Waals surface area contributed by atoms with Crippen LogP contribution >= 0.6 is 0 Å². The second-order valence-electron chi connectivity index (χ2n) is 9.82. The van der Waals surface area contributed by atoms with E-state index in [1.807, 2.05) is 62.4 Å². The first kappa shape index (κ1) is 24.0. The molecule has 1 saturated carbocycles. The average molecular weight is 488 g/mol. The Morgan fingerprint density at radius 1 is 1.14 bits per heavy atom. The molecule has 0 spiro atoms. The highest BCUT2D eigenvalue weighted by atomic mass is 16.5. The summed E-state index contributed by atoms with van der Waals surface area (Å²) < 4.78 is 7.23. The maximum absolute atomic E-state index is 13.9. The molecule has 3 heterocycles. The largest absolute Gasteiger partial charge is 0.494 e. The molecule has 1 fully saturated rings. The molecule has 1 aliphatic heterocycles. The lowest BCUT2D eigenvalue weighted by atomic mass is 9.91. The Balaban J connectivity index is 1.47. The van der Waals surface area contributed by atoms with Gasteiger partial charge in [0.1, 0.15) is 17.0 Å². The maximum atomic E-state index is 13.9. The van der Waals surface area contributed by atoms with E-state index in [1.54, 1.807) is 15.8 Å². The van der Waals surface area contributed by atoms with Gasteiger partial charge in [-0.1, -0.05) is 25.3 Å². The Bertz CT molecular complexity index is 1220. The van der Waals surface area contributed by atoms with Crippen molar-refractivity contribution in [2.24, 2.45) is 0 Å². The lowest BCUT2D eigenvalue weighted by Crippen LogP contribution is -2.64. The SMILES string of the molecule is CCOc1ccc(-c2cc3n(n2)C[C@](C)(C(=O)NC2CCCCC2)N(Cc2ccccn2)C3=O)cc1. The van der Waals surface area contributed by atoms with Gasteiger partial charge < -0.3 is 15.0 Å². The zero-order chi connectivity index (χ0) is 25.1. The Morgan fingerprint density at radius 2 is 1.92 bits per heavy atom. The number of hydrogen-bond donors (Lipinski definition) is 1. The molecule has 1 atom stereocenters. The average Bonchev–Trinajstić information content (AvgIpc) is 3.32. The second-order valence-corrected chi connectivity index (χ2v) is 9.82. The van der Waals surface area contributed by atoms with E-state index in [0.29, 0.717) is 18.0 Å². The fourth-order valence-electron chi connectivity index (χ4n) is 5.16. The van der Waals surface area contributed by atoms with Crippen molar-refractivity contribution in [2.75, 3.05) is 6.61 Å². The van der Waals surface area contributed by atoms with Crippen LogP contribution in [0.15, 0.2) is 54.7 Å². The Morgan fingerprint density at radius 3 is 2.61 bits per heavy atom. The molecule has 1 N–H and O–H groups in total. The molecule has 188 valence electrons. The minimum absolute atomic E-state index is 0.137. The first-order valence-electron chi connectivity index (χ1n) is 12.8. The summed E-state index contributed by atoms with van der Waals surface area (Å²) in [5, 5.41) is 7.99. The molecule has 1 aromatic carbocycles. The van der Waals surface area contributed by atoms with Gasteiger partial charge in [0.05, 0.1) is 31.1 Å². The van der Waals surface area contributed by atoms with Crippen molar-refractivity contribution in [3.63, 3.8) is 0 Å². The molecule has 0 radical (unpaired) electrons. The number of carbonyl (C=O) groups excluding carboxylic acids is 2. The van der Waals surface area contributed by atoms with Gasteiger partial charge in [-0.15, -0.1) is 0 Å². The van der Waals surface area contributed by atoms with Crippen LogP contribution in [0, 0.1) is 0 Å². The number of nitrogens with one attached hydrogen (secondary N) is 1. The third-order valence-electron chi connectivity index (χ3n) is 7.23. The predicted octanol–water partition coefficient (Wildman–Crippen LogP) is 4.21. The topological polar surface area (TPSA) is 89.3 Å². The van der Waals surface area contributed by atoms with Gasteiger partial charge in [0.15, 0.2) is 0 Å². The van der Waals surface area contributed by atoms with Crippen LogP contribution < -0.4 is 10.1 Å². The molecule has 5 rings (SSSR count). The number of pyridine rings is 1. The van der Waals surface area contributed by atoms with Crippen LogP contribution in [0.2, 0.25) is 0 Å². The zero-order valence-corrected chi connectivity index (χ0v) is 20.9. The molecular weight excluding hydrogens is 454 g/mol. The summed E-state index contributed by atoms with van der Waals surface area (Å²) in [6.45, 7) is 4.91. The van der Waals surface area contributed by atoms with Crippen LogP contribution in [0.3, 0.4) is 0 Å². The van der Waals surface area contributed by atoms with Crippen molar-refractivity contribution < 1.29 is 14.3 Å². The van der Waals surface area contributed by atoms with E-state index >= 15 is 0 Å². The van der Waals surface area contributed by atoms with Crippen LogP contribution in [0.4, 0.5) is 0 Å². The molecule has 8 nitrogen and oxygen atoms in total. The molecule has 0 saturated heterocycles. The van der Waals surface area contributed by atoms with Gasteiger partial charge in [0, 0.05) is 17.8 Å². The summed E-state index contributed by atoms with van der Waals surface area (Å²) in [6.07, 6.45) is 7.10. The standard InChI is InChI=1S/C28H33N5O3/c1-3-36-23-14-12-20(13-15-23)24-17-25-26(34)32(18-22-11-7-8-16-29-22)28(2,19-33(25)31-24)27(35)30-21-9-5-4-6-10-21/h7-8,11-17,21H,3-6,9-10,18-19H2,1-2H3,(H,30,35)/t28-/m1/s1. The Hall–Kier alpha value is -3.68. The molecule has 8 heteroatoms. The molecule has 1 aliphatic carbocycles. The van der Waals surface area contributed by atoms with Crippen molar-refractivity contribution in [2.45, 2.75) is 70.6 Å². The maximum Gasteiger partial charge on any atom is 0.273 e. The minimum Gasteiger partial charge on any atom is -0.494 e. The number of amides is 2. The molecule has 0 unspecified atom stereocenters. The fourth-order valence-corrected chi connectivity index (χ4v) is 5.16. The summed E-state index contributed by atoms with van der Waals surface area (Å²) in [7, 11) is 0. The highest BCUT2D eigenvalue weighted by molar-refractivity contribution is 6.00. The van der Waals surface area contributed by atoms with Crippen LogP contribution in [0.25, 0.3) is 11.3 Å². The zero-order valence-electron chi connectivity index (χ0n) is 20.9. The van der Waals surface area contributed by atoms with Gasteiger partial charge >= 0.3 is 0 Å². The van der Waals surface area contributed by atoms with E-state index in [0.717, 1.165) is 42.7 Å². The Kier molecular flexibility index (Phi) is 6.76. The van der Waals surface area contributed by atoms with E-state index in [4.69, 9.17) is 9.84 Å². The quantitative estimate of drug-likeness (QED) is 0.539. The van der Waals surface area contributed by atoms with Gasteiger partial charge in [-0.3, -0.25) is 19.3 Å². The monoisotopic (exact) mass is 487 g/mol. The highest BCUT2D eigenvalue weighted by Gasteiger charge is 2.48. The summed E-state index contributed by atoms with van der Waals surface area (Å²) in [4.78, 5) is 33.7. The van der Waals surface area contributed by atoms with E-state index in [9.17, 15) is 9.59 Å². The van der Waals surface area contributed by atoms with Crippen molar-refractivity contribution in [1.29, 1.82) is 0 Å². The minimum atomic E-state index is -1.10. The van der Waals surface area contributed by atoms with Gasteiger partial charge in [0.25, 0.3) is 5.91 Å². The third kappa shape index (κ3) is 4.72. The number of ether oxygens (including phenoxy) is 1. The van der Waals surface area contributed by atoms with E-state index < -0.39 is 5.54 Å². The number of fused-ring (bicyclic) bond motifs is 1. The van der Waals surface area contributed by atoms with Crippen LogP contribution in [-0.2, 0) is 17.9 Å². The lowest BCUT2D eigenvalue weighted by molar-refractivity contribution is -0.134. The van der Waals surface area contributed by atoms with Crippen molar-refractivity contribution >= 4 is 11.8 Å². The number of benzene rings is 1.